The molecule has 5 rings (SSSR count). The average molecular weight is 514 g/mol. The van der Waals surface area contributed by atoms with Gasteiger partial charge in [0.25, 0.3) is 17.7 Å². The second kappa shape index (κ2) is 10.1. The van der Waals surface area contributed by atoms with E-state index in [2.05, 4.69) is 15.6 Å². The SMILES string of the molecule is COc1ccc(-c2ccccn2)cc1NC(=O)COc1ccc2c(c1)C(=O)N(C1CCC(=O)NC1=O)C2=O. The molecule has 2 aliphatic rings. The van der Waals surface area contributed by atoms with Gasteiger partial charge >= 0.3 is 0 Å². The Morgan fingerprint density at radius 2 is 1.87 bits per heavy atom. The lowest BCUT2D eigenvalue weighted by Crippen LogP contribution is -2.54. The minimum atomic E-state index is -1.06. The second-order valence-corrected chi connectivity index (χ2v) is 8.62. The predicted octanol–water partition coefficient (Wildman–Crippen LogP) is 2.18. The topological polar surface area (TPSA) is 144 Å². The molecule has 2 aliphatic heterocycles. The van der Waals surface area contributed by atoms with Gasteiger partial charge in [0.05, 0.1) is 29.6 Å². The number of aromatic nitrogens is 1. The maximum Gasteiger partial charge on any atom is 0.262 e. The molecule has 1 atom stereocenters. The molecular formula is C27H22N4O7. The van der Waals surface area contributed by atoms with Crippen molar-refractivity contribution in [2.45, 2.75) is 18.9 Å². The molecule has 1 unspecified atom stereocenters. The van der Waals surface area contributed by atoms with Crippen LogP contribution in [0.3, 0.4) is 0 Å². The number of benzene rings is 2. The van der Waals surface area contributed by atoms with Crippen LogP contribution in [0.5, 0.6) is 11.5 Å². The lowest BCUT2D eigenvalue weighted by Gasteiger charge is -2.27. The zero-order valence-electron chi connectivity index (χ0n) is 20.2. The predicted molar refractivity (Wildman–Crippen MR) is 133 cm³/mol. The van der Waals surface area contributed by atoms with Gasteiger partial charge in [0, 0.05) is 18.2 Å². The van der Waals surface area contributed by atoms with Crippen LogP contribution in [-0.2, 0) is 14.4 Å². The molecule has 2 N–H and O–H groups in total. The largest absolute Gasteiger partial charge is 0.495 e. The van der Waals surface area contributed by atoms with Crippen LogP contribution in [0.4, 0.5) is 5.69 Å². The third-order valence-corrected chi connectivity index (χ3v) is 6.22. The van der Waals surface area contributed by atoms with Crippen molar-refractivity contribution in [3.63, 3.8) is 0 Å². The fourth-order valence-electron chi connectivity index (χ4n) is 4.37. The number of piperidine rings is 1. The van der Waals surface area contributed by atoms with Gasteiger partial charge in [-0.1, -0.05) is 6.07 Å². The maximum absolute atomic E-state index is 13.0. The number of nitrogens with one attached hydrogen (secondary N) is 2. The van der Waals surface area contributed by atoms with E-state index in [9.17, 15) is 24.0 Å². The quantitative estimate of drug-likeness (QED) is 0.457. The second-order valence-electron chi connectivity index (χ2n) is 8.62. The minimum absolute atomic E-state index is 0.0306. The van der Waals surface area contributed by atoms with E-state index in [1.165, 1.54) is 25.3 Å². The molecule has 0 spiro atoms. The van der Waals surface area contributed by atoms with Gasteiger partial charge in [0.1, 0.15) is 17.5 Å². The highest BCUT2D eigenvalue weighted by molar-refractivity contribution is 6.23. The van der Waals surface area contributed by atoms with E-state index >= 15 is 0 Å². The molecule has 3 heterocycles. The lowest BCUT2D eigenvalue weighted by molar-refractivity contribution is -0.136. The number of fused-ring (bicyclic) bond motifs is 1. The highest BCUT2D eigenvalue weighted by Gasteiger charge is 2.44. The van der Waals surface area contributed by atoms with Crippen LogP contribution in [-0.4, -0.2) is 59.2 Å². The lowest BCUT2D eigenvalue weighted by atomic mass is 10.0. The minimum Gasteiger partial charge on any atom is -0.495 e. The van der Waals surface area contributed by atoms with Crippen molar-refractivity contribution in [2.75, 3.05) is 19.0 Å². The molecule has 3 aromatic rings. The Labute approximate surface area is 216 Å². The van der Waals surface area contributed by atoms with Crippen LogP contribution in [0.15, 0.2) is 60.8 Å². The van der Waals surface area contributed by atoms with E-state index in [0.717, 1.165) is 16.2 Å². The van der Waals surface area contributed by atoms with Crippen molar-refractivity contribution in [2.24, 2.45) is 0 Å². The first kappa shape index (κ1) is 24.6. The fourth-order valence-corrected chi connectivity index (χ4v) is 4.37. The molecule has 0 aliphatic carbocycles. The molecule has 0 saturated carbocycles. The number of hydrogen-bond donors (Lipinski definition) is 2. The number of carbonyl (C=O) groups excluding carboxylic acids is 5. The molecule has 11 heteroatoms. The monoisotopic (exact) mass is 514 g/mol. The van der Waals surface area contributed by atoms with Gasteiger partial charge in [-0.15, -0.1) is 0 Å². The molecule has 2 aromatic carbocycles. The Kier molecular flexibility index (Phi) is 6.56. The zero-order chi connectivity index (χ0) is 26.8. The van der Waals surface area contributed by atoms with Crippen molar-refractivity contribution in [1.29, 1.82) is 0 Å². The number of nitrogens with zero attached hydrogens (tertiary/aromatic N) is 2. The summed E-state index contributed by atoms with van der Waals surface area (Å²) in [4.78, 5) is 67.3. The molecule has 11 nitrogen and oxygen atoms in total. The molecule has 192 valence electrons. The van der Waals surface area contributed by atoms with E-state index in [1.54, 1.807) is 18.3 Å². The Morgan fingerprint density at radius 1 is 1.05 bits per heavy atom. The van der Waals surface area contributed by atoms with E-state index < -0.39 is 35.6 Å². The van der Waals surface area contributed by atoms with Crippen molar-refractivity contribution >= 4 is 35.2 Å². The fraction of sp³-hybridized carbons (Fsp3) is 0.185. The molecular weight excluding hydrogens is 492 g/mol. The highest BCUT2D eigenvalue weighted by atomic mass is 16.5. The number of imide groups is 2. The van der Waals surface area contributed by atoms with E-state index in [1.807, 2.05) is 24.3 Å². The number of ether oxygens (including phenoxy) is 2. The van der Waals surface area contributed by atoms with Gasteiger partial charge in [-0.25, -0.2) is 0 Å². The van der Waals surface area contributed by atoms with Crippen molar-refractivity contribution in [1.82, 2.24) is 15.2 Å². The summed E-state index contributed by atoms with van der Waals surface area (Å²) in [5.74, 6) is -2.25. The van der Waals surface area contributed by atoms with Crippen molar-refractivity contribution < 1.29 is 33.4 Å². The van der Waals surface area contributed by atoms with Crippen LogP contribution in [0.25, 0.3) is 11.3 Å². The molecule has 1 fully saturated rings. The summed E-state index contributed by atoms with van der Waals surface area (Å²) < 4.78 is 10.9. The van der Waals surface area contributed by atoms with Gasteiger partial charge in [-0.05, 0) is 55.0 Å². The van der Waals surface area contributed by atoms with Gasteiger partial charge in [0.2, 0.25) is 11.8 Å². The number of carbonyl (C=O) groups is 5. The standard InChI is InChI=1S/C27H22N4O7/c1-37-22-9-5-15(19-4-2-3-11-28-19)12-20(22)29-24(33)14-38-16-6-7-17-18(13-16)27(36)31(26(17)35)21-8-10-23(32)30-25(21)34/h2-7,9,11-13,21H,8,10,14H2,1H3,(H,29,33)(H,30,32,34). The number of rotatable bonds is 7. The highest BCUT2D eigenvalue weighted by Crippen LogP contribution is 2.31. The number of anilines is 1. The first-order valence-corrected chi connectivity index (χ1v) is 11.7. The third kappa shape index (κ3) is 4.69. The van der Waals surface area contributed by atoms with Gasteiger partial charge < -0.3 is 14.8 Å². The van der Waals surface area contributed by atoms with Gasteiger partial charge in [0.15, 0.2) is 6.61 Å². The Balaban J connectivity index is 1.27. The van der Waals surface area contributed by atoms with Gasteiger partial charge in [-0.2, -0.15) is 0 Å². The maximum atomic E-state index is 13.0. The van der Waals surface area contributed by atoms with Crippen LogP contribution in [0.1, 0.15) is 33.6 Å². The summed E-state index contributed by atoms with van der Waals surface area (Å²) in [6, 6.07) is 14.0. The summed E-state index contributed by atoms with van der Waals surface area (Å²) in [5, 5.41) is 4.90. The summed E-state index contributed by atoms with van der Waals surface area (Å²) in [6.45, 7) is -0.380. The molecule has 0 bridgehead atoms. The smallest absolute Gasteiger partial charge is 0.262 e. The number of amides is 5. The number of hydrogen-bond acceptors (Lipinski definition) is 8. The first-order chi connectivity index (χ1) is 18.4. The first-order valence-electron chi connectivity index (χ1n) is 11.7. The van der Waals surface area contributed by atoms with E-state index in [-0.39, 0.29) is 36.3 Å². The summed E-state index contributed by atoms with van der Waals surface area (Å²) in [5.41, 5.74) is 2.12. The van der Waals surface area contributed by atoms with Crippen LogP contribution in [0.2, 0.25) is 0 Å². The zero-order valence-corrected chi connectivity index (χ0v) is 20.2. The normalized spacial score (nSPS) is 16.7. The molecule has 1 aromatic heterocycles. The van der Waals surface area contributed by atoms with Crippen LogP contribution >= 0.6 is 0 Å². The number of methoxy groups -OCH3 is 1. The van der Waals surface area contributed by atoms with Crippen molar-refractivity contribution in [3.05, 3.63) is 71.9 Å². The molecule has 38 heavy (non-hydrogen) atoms. The van der Waals surface area contributed by atoms with E-state index in [4.69, 9.17) is 9.47 Å². The average Bonchev–Trinajstić information content (AvgIpc) is 3.17. The molecule has 5 amide bonds. The summed E-state index contributed by atoms with van der Waals surface area (Å²) in [6.07, 6.45) is 1.76. The summed E-state index contributed by atoms with van der Waals surface area (Å²) in [7, 11) is 1.49. The molecule has 1 saturated heterocycles. The Bertz CT molecular complexity index is 1470. The third-order valence-electron chi connectivity index (χ3n) is 6.22. The Hall–Kier alpha value is -5.06. The van der Waals surface area contributed by atoms with Crippen LogP contribution in [0, 0.1) is 0 Å². The summed E-state index contributed by atoms with van der Waals surface area (Å²) >= 11 is 0. The Morgan fingerprint density at radius 3 is 2.61 bits per heavy atom. The number of pyridine rings is 1. The molecule has 0 radical (unpaired) electrons. The van der Waals surface area contributed by atoms with Crippen LogP contribution < -0.4 is 20.1 Å². The van der Waals surface area contributed by atoms with Crippen molar-refractivity contribution in [3.8, 4) is 22.8 Å². The van der Waals surface area contributed by atoms with Gasteiger partial charge in [-0.3, -0.25) is 39.2 Å². The van der Waals surface area contributed by atoms with E-state index in [0.29, 0.717) is 11.4 Å².